The van der Waals surface area contributed by atoms with E-state index >= 15 is 0 Å². The Morgan fingerprint density at radius 1 is 1.08 bits per heavy atom. The summed E-state index contributed by atoms with van der Waals surface area (Å²) < 4.78 is 0. The lowest BCUT2D eigenvalue weighted by molar-refractivity contribution is -0.137. The highest BCUT2D eigenvalue weighted by Crippen LogP contribution is 2.32. The molecule has 3 heteroatoms. The maximum atomic E-state index is 12.4. The molecule has 0 aliphatic carbocycles. The number of carbonyl (C=O) groups excluding carboxylic acids is 2. The van der Waals surface area contributed by atoms with Crippen LogP contribution in [0.25, 0.3) is 17.2 Å². The summed E-state index contributed by atoms with van der Waals surface area (Å²) in [6.45, 7) is 7.60. The molecule has 1 aliphatic heterocycles. The average Bonchev–Trinajstić information content (AvgIpc) is 2.64. The standard InChI is InChI=1S/C23H23NO2/c1-4-5-8-19-16(2)7-6-9-20(19)17-10-12-18(13-11-17)23(3)21(25)14-15-22(26)24-23/h4-13H,1,14-15H2,2-3H3,(H,24,26)/b8-5-/t23-/m0/s1. The monoisotopic (exact) mass is 345 g/mol. The Morgan fingerprint density at radius 3 is 2.50 bits per heavy atom. The minimum Gasteiger partial charge on any atom is -0.340 e. The van der Waals surface area contributed by atoms with Crippen LogP contribution in [0.4, 0.5) is 0 Å². The quantitative estimate of drug-likeness (QED) is 0.826. The van der Waals surface area contributed by atoms with Crippen molar-refractivity contribution in [3.63, 3.8) is 0 Å². The fraction of sp³-hybridized carbons (Fsp3) is 0.217. The molecule has 2 aromatic carbocycles. The molecule has 1 N–H and O–H groups in total. The van der Waals surface area contributed by atoms with E-state index in [0.29, 0.717) is 6.42 Å². The topological polar surface area (TPSA) is 46.2 Å². The van der Waals surface area contributed by atoms with E-state index in [1.54, 1.807) is 13.0 Å². The first-order valence-electron chi connectivity index (χ1n) is 8.79. The second-order valence-corrected chi connectivity index (χ2v) is 6.80. The molecular weight excluding hydrogens is 322 g/mol. The lowest BCUT2D eigenvalue weighted by Crippen LogP contribution is -2.53. The maximum absolute atomic E-state index is 12.4. The Bertz CT molecular complexity index is 893. The molecule has 0 spiro atoms. The molecule has 2 aromatic rings. The summed E-state index contributed by atoms with van der Waals surface area (Å²) in [5.74, 6) is -0.0262. The summed E-state index contributed by atoms with van der Waals surface area (Å²) >= 11 is 0. The predicted molar refractivity (Wildman–Crippen MR) is 106 cm³/mol. The van der Waals surface area contributed by atoms with Crippen LogP contribution in [-0.2, 0) is 15.1 Å². The largest absolute Gasteiger partial charge is 0.340 e. The van der Waals surface area contributed by atoms with Crippen molar-refractivity contribution in [2.45, 2.75) is 32.2 Å². The summed E-state index contributed by atoms with van der Waals surface area (Å²) in [4.78, 5) is 24.2. The van der Waals surface area contributed by atoms with Crippen LogP contribution in [-0.4, -0.2) is 11.7 Å². The Labute approximate surface area is 154 Å². The van der Waals surface area contributed by atoms with Gasteiger partial charge in [-0.15, -0.1) is 0 Å². The highest BCUT2D eigenvalue weighted by molar-refractivity contribution is 5.99. The molecule has 26 heavy (non-hydrogen) atoms. The summed E-state index contributed by atoms with van der Waals surface area (Å²) in [7, 11) is 0. The molecule has 132 valence electrons. The molecule has 1 atom stereocenters. The Morgan fingerprint density at radius 2 is 1.81 bits per heavy atom. The van der Waals surface area contributed by atoms with Gasteiger partial charge in [-0.3, -0.25) is 9.59 Å². The lowest BCUT2D eigenvalue weighted by atomic mass is 9.82. The molecule has 3 rings (SSSR count). The minimum atomic E-state index is -0.938. The van der Waals surface area contributed by atoms with Crippen molar-refractivity contribution in [2.75, 3.05) is 0 Å². The summed E-state index contributed by atoms with van der Waals surface area (Å²) in [5, 5.41) is 2.86. The zero-order valence-electron chi connectivity index (χ0n) is 15.2. The summed E-state index contributed by atoms with van der Waals surface area (Å²) in [6.07, 6.45) is 6.31. The van der Waals surface area contributed by atoms with Crippen LogP contribution >= 0.6 is 0 Å². The van der Waals surface area contributed by atoms with Gasteiger partial charge in [0.2, 0.25) is 5.91 Å². The number of benzene rings is 2. The fourth-order valence-corrected chi connectivity index (χ4v) is 3.42. The van der Waals surface area contributed by atoms with Gasteiger partial charge in [0, 0.05) is 12.8 Å². The van der Waals surface area contributed by atoms with E-state index in [0.717, 1.165) is 22.3 Å². The van der Waals surface area contributed by atoms with Crippen molar-refractivity contribution >= 4 is 17.8 Å². The number of allylic oxidation sites excluding steroid dienone is 2. The molecular formula is C23H23NO2. The smallest absolute Gasteiger partial charge is 0.221 e. The van der Waals surface area contributed by atoms with Gasteiger partial charge >= 0.3 is 0 Å². The first-order valence-corrected chi connectivity index (χ1v) is 8.79. The average molecular weight is 345 g/mol. The van der Waals surface area contributed by atoms with Crippen LogP contribution in [0.2, 0.25) is 0 Å². The molecule has 0 bridgehead atoms. The molecule has 1 fully saturated rings. The van der Waals surface area contributed by atoms with E-state index in [1.165, 1.54) is 5.56 Å². The number of aryl methyl sites for hydroxylation is 1. The zero-order valence-corrected chi connectivity index (χ0v) is 15.2. The number of nitrogens with one attached hydrogen (secondary N) is 1. The van der Waals surface area contributed by atoms with Gasteiger partial charge in [0.25, 0.3) is 0 Å². The van der Waals surface area contributed by atoms with E-state index in [4.69, 9.17) is 0 Å². The van der Waals surface area contributed by atoms with Gasteiger partial charge in [-0.1, -0.05) is 67.3 Å². The van der Waals surface area contributed by atoms with Gasteiger partial charge in [-0.05, 0) is 41.7 Å². The van der Waals surface area contributed by atoms with Crippen LogP contribution in [0.1, 0.15) is 36.5 Å². The molecule has 1 saturated heterocycles. The first-order chi connectivity index (χ1) is 12.5. The van der Waals surface area contributed by atoms with E-state index in [9.17, 15) is 9.59 Å². The van der Waals surface area contributed by atoms with Gasteiger partial charge in [-0.2, -0.15) is 0 Å². The van der Waals surface area contributed by atoms with Gasteiger partial charge < -0.3 is 5.32 Å². The van der Waals surface area contributed by atoms with Crippen molar-refractivity contribution < 1.29 is 9.59 Å². The van der Waals surface area contributed by atoms with E-state index < -0.39 is 5.54 Å². The summed E-state index contributed by atoms with van der Waals surface area (Å²) in [6, 6.07) is 14.1. The molecule has 0 unspecified atom stereocenters. The number of hydrogen-bond donors (Lipinski definition) is 1. The first kappa shape index (κ1) is 17.9. The zero-order chi connectivity index (χ0) is 18.7. The molecule has 0 radical (unpaired) electrons. The Kier molecular flexibility index (Phi) is 4.90. The van der Waals surface area contributed by atoms with Crippen molar-refractivity contribution in [2.24, 2.45) is 0 Å². The Hall–Kier alpha value is -2.94. The second-order valence-electron chi connectivity index (χ2n) is 6.80. The molecule has 1 heterocycles. The highest BCUT2D eigenvalue weighted by Gasteiger charge is 2.39. The molecule has 1 amide bonds. The van der Waals surface area contributed by atoms with Crippen molar-refractivity contribution in [3.8, 4) is 11.1 Å². The summed E-state index contributed by atoms with van der Waals surface area (Å²) in [5.41, 5.74) is 4.40. The van der Waals surface area contributed by atoms with Crippen LogP contribution in [0.3, 0.4) is 0 Å². The number of carbonyl (C=O) groups is 2. The lowest BCUT2D eigenvalue weighted by Gasteiger charge is -2.33. The van der Waals surface area contributed by atoms with Crippen molar-refractivity contribution in [1.82, 2.24) is 5.32 Å². The number of rotatable bonds is 4. The normalized spacial score (nSPS) is 20.2. The van der Waals surface area contributed by atoms with E-state index in [1.807, 2.05) is 36.4 Å². The molecule has 0 aromatic heterocycles. The van der Waals surface area contributed by atoms with Gasteiger partial charge in [0.15, 0.2) is 5.78 Å². The number of Topliss-reactive ketones (excluding diaryl/α,β-unsaturated/α-hetero) is 1. The third-order valence-electron chi connectivity index (χ3n) is 5.02. The molecule has 3 nitrogen and oxygen atoms in total. The van der Waals surface area contributed by atoms with E-state index in [-0.39, 0.29) is 18.1 Å². The van der Waals surface area contributed by atoms with Crippen LogP contribution in [0, 0.1) is 6.92 Å². The van der Waals surface area contributed by atoms with Gasteiger partial charge in [-0.25, -0.2) is 0 Å². The van der Waals surface area contributed by atoms with Crippen LogP contribution in [0.5, 0.6) is 0 Å². The van der Waals surface area contributed by atoms with Gasteiger partial charge in [0.05, 0.1) is 0 Å². The van der Waals surface area contributed by atoms with E-state index in [2.05, 4.69) is 37.0 Å². The number of piperidine rings is 1. The van der Waals surface area contributed by atoms with Gasteiger partial charge in [0.1, 0.15) is 5.54 Å². The van der Waals surface area contributed by atoms with Crippen LogP contribution in [0.15, 0.2) is 61.2 Å². The van der Waals surface area contributed by atoms with Crippen molar-refractivity contribution in [3.05, 3.63) is 77.9 Å². The maximum Gasteiger partial charge on any atom is 0.221 e. The number of amides is 1. The number of hydrogen-bond acceptors (Lipinski definition) is 2. The van der Waals surface area contributed by atoms with Crippen LogP contribution < -0.4 is 5.32 Å². The third kappa shape index (κ3) is 3.25. The second kappa shape index (κ2) is 7.12. The SMILES string of the molecule is C=C/C=C\c1c(C)cccc1-c1ccc([C@]2(C)NC(=O)CCC2=O)cc1. The Balaban J connectivity index is 2.00. The minimum absolute atomic E-state index is 0.0509. The third-order valence-corrected chi connectivity index (χ3v) is 5.02. The fourth-order valence-electron chi connectivity index (χ4n) is 3.42. The predicted octanol–water partition coefficient (Wildman–Crippen LogP) is 4.56. The molecule has 0 saturated carbocycles. The van der Waals surface area contributed by atoms with Crippen molar-refractivity contribution in [1.29, 1.82) is 0 Å². The molecule has 1 aliphatic rings. The highest BCUT2D eigenvalue weighted by atomic mass is 16.2. The number of ketones is 1.